The molecule has 114 valence electrons. The van der Waals surface area contributed by atoms with Gasteiger partial charge in [-0.3, -0.25) is 4.79 Å². The number of carbonyl (C=O) groups excluding carboxylic acids is 1. The highest BCUT2D eigenvalue weighted by Gasteiger charge is 2.15. The molecule has 0 fully saturated rings. The van der Waals surface area contributed by atoms with Gasteiger partial charge in [0.2, 0.25) is 0 Å². The minimum atomic E-state index is -0.0396. The van der Waals surface area contributed by atoms with E-state index in [1.54, 1.807) is 42.3 Å². The average molecular weight is 295 g/mol. The molecular weight excluding hydrogens is 274 g/mol. The van der Waals surface area contributed by atoms with Crippen molar-refractivity contribution in [3.8, 4) is 5.75 Å². The maximum atomic E-state index is 12.6. The molecule has 1 amide bonds. The van der Waals surface area contributed by atoms with Crippen molar-refractivity contribution in [2.45, 2.75) is 13.8 Å². The molecule has 0 heterocycles. The summed E-state index contributed by atoms with van der Waals surface area (Å²) in [6.07, 6.45) is 1.69. The Morgan fingerprint density at radius 3 is 2.45 bits per heavy atom. The summed E-state index contributed by atoms with van der Waals surface area (Å²) in [5, 5.41) is 0. The number of amides is 1. The van der Waals surface area contributed by atoms with E-state index in [0.717, 1.165) is 17.0 Å². The van der Waals surface area contributed by atoms with Gasteiger partial charge in [-0.1, -0.05) is 30.4 Å². The zero-order chi connectivity index (χ0) is 16.1. The van der Waals surface area contributed by atoms with Gasteiger partial charge in [-0.2, -0.15) is 0 Å². The van der Waals surface area contributed by atoms with Gasteiger partial charge in [0.25, 0.3) is 5.91 Å². The molecule has 0 bridgehead atoms. The second-order valence-electron chi connectivity index (χ2n) is 5.28. The zero-order valence-corrected chi connectivity index (χ0v) is 13.3. The van der Waals surface area contributed by atoms with Crippen LogP contribution >= 0.6 is 0 Å². The smallest absolute Gasteiger partial charge is 0.258 e. The lowest BCUT2D eigenvalue weighted by Crippen LogP contribution is -2.26. The number of rotatable bonds is 5. The van der Waals surface area contributed by atoms with E-state index >= 15 is 0 Å². The van der Waals surface area contributed by atoms with Crippen molar-refractivity contribution in [1.82, 2.24) is 0 Å². The first-order valence-electron chi connectivity index (χ1n) is 7.22. The molecule has 0 aliphatic rings. The lowest BCUT2D eigenvalue weighted by molar-refractivity contribution is 0.0993. The topological polar surface area (TPSA) is 29.5 Å². The Balaban J connectivity index is 2.17. The largest absolute Gasteiger partial charge is 0.490 e. The fraction of sp³-hybridized carbons (Fsp3) is 0.211. The van der Waals surface area contributed by atoms with Crippen LogP contribution in [0.25, 0.3) is 0 Å². The molecule has 2 rings (SSSR count). The van der Waals surface area contributed by atoms with Crippen LogP contribution in [0.5, 0.6) is 5.75 Å². The van der Waals surface area contributed by atoms with Crippen molar-refractivity contribution in [2.24, 2.45) is 0 Å². The number of anilines is 1. The molecule has 0 saturated heterocycles. The van der Waals surface area contributed by atoms with E-state index in [9.17, 15) is 4.79 Å². The number of hydrogen-bond donors (Lipinski definition) is 0. The van der Waals surface area contributed by atoms with Gasteiger partial charge >= 0.3 is 0 Å². The van der Waals surface area contributed by atoms with Crippen molar-refractivity contribution in [3.63, 3.8) is 0 Å². The third kappa shape index (κ3) is 3.55. The SMILES string of the molecule is C=CCOc1ccc(C(=O)N(C)c2ccc(C)cc2C)cc1. The normalized spacial score (nSPS) is 10.1. The van der Waals surface area contributed by atoms with Crippen LogP contribution in [0.4, 0.5) is 5.69 Å². The van der Waals surface area contributed by atoms with Gasteiger partial charge < -0.3 is 9.64 Å². The van der Waals surface area contributed by atoms with Crippen LogP contribution in [-0.4, -0.2) is 19.6 Å². The Kier molecular flexibility index (Phi) is 4.99. The Bertz CT molecular complexity index is 674. The number of benzene rings is 2. The van der Waals surface area contributed by atoms with Crippen LogP contribution < -0.4 is 9.64 Å². The molecule has 0 saturated carbocycles. The van der Waals surface area contributed by atoms with Gasteiger partial charge in [-0.05, 0) is 49.7 Å². The van der Waals surface area contributed by atoms with Gasteiger partial charge in [0.15, 0.2) is 0 Å². The van der Waals surface area contributed by atoms with E-state index in [0.29, 0.717) is 12.2 Å². The first-order valence-corrected chi connectivity index (χ1v) is 7.22. The van der Waals surface area contributed by atoms with E-state index in [2.05, 4.69) is 12.6 Å². The molecule has 3 nitrogen and oxygen atoms in total. The molecule has 0 aliphatic heterocycles. The Morgan fingerprint density at radius 2 is 1.86 bits per heavy atom. The van der Waals surface area contributed by atoms with Gasteiger partial charge in [0.1, 0.15) is 12.4 Å². The standard InChI is InChI=1S/C19H21NO2/c1-5-12-22-17-9-7-16(8-10-17)19(21)20(4)18-11-6-14(2)13-15(18)3/h5-11,13H,1,12H2,2-4H3. The lowest BCUT2D eigenvalue weighted by atomic mass is 10.1. The molecule has 0 spiro atoms. The maximum absolute atomic E-state index is 12.6. The summed E-state index contributed by atoms with van der Waals surface area (Å²) in [4.78, 5) is 14.3. The van der Waals surface area contributed by atoms with E-state index < -0.39 is 0 Å². The molecule has 0 radical (unpaired) electrons. The Hall–Kier alpha value is -2.55. The first-order chi connectivity index (χ1) is 10.5. The van der Waals surface area contributed by atoms with E-state index in [1.165, 1.54) is 5.56 Å². The second kappa shape index (κ2) is 6.94. The second-order valence-corrected chi connectivity index (χ2v) is 5.28. The van der Waals surface area contributed by atoms with Crippen LogP contribution in [0.2, 0.25) is 0 Å². The predicted molar refractivity (Wildman–Crippen MR) is 90.8 cm³/mol. The van der Waals surface area contributed by atoms with Gasteiger partial charge in [-0.25, -0.2) is 0 Å². The minimum absolute atomic E-state index is 0.0396. The number of ether oxygens (including phenoxy) is 1. The molecule has 0 aromatic heterocycles. The van der Waals surface area contributed by atoms with Crippen LogP contribution in [0.15, 0.2) is 55.1 Å². The first kappa shape index (κ1) is 15.8. The molecule has 0 N–H and O–H groups in total. The monoisotopic (exact) mass is 295 g/mol. The lowest BCUT2D eigenvalue weighted by Gasteiger charge is -2.20. The van der Waals surface area contributed by atoms with Crippen molar-refractivity contribution < 1.29 is 9.53 Å². The molecule has 0 unspecified atom stereocenters. The summed E-state index contributed by atoms with van der Waals surface area (Å²) in [6, 6.07) is 13.2. The van der Waals surface area contributed by atoms with Crippen LogP contribution in [0.3, 0.4) is 0 Å². The Labute approximate surface area is 131 Å². The summed E-state index contributed by atoms with van der Waals surface area (Å²) >= 11 is 0. The van der Waals surface area contributed by atoms with E-state index in [4.69, 9.17) is 4.74 Å². The maximum Gasteiger partial charge on any atom is 0.258 e. The van der Waals surface area contributed by atoms with Crippen molar-refractivity contribution in [3.05, 3.63) is 71.8 Å². The van der Waals surface area contributed by atoms with Gasteiger partial charge in [0, 0.05) is 18.3 Å². The van der Waals surface area contributed by atoms with Crippen molar-refractivity contribution in [2.75, 3.05) is 18.6 Å². The Morgan fingerprint density at radius 1 is 1.18 bits per heavy atom. The van der Waals surface area contributed by atoms with Gasteiger partial charge in [0.05, 0.1) is 0 Å². The average Bonchev–Trinajstić information content (AvgIpc) is 2.52. The summed E-state index contributed by atoms with van der Waals surface area (Å²) in [7, 11) is 1.79. The molecule has 0 atom stereocenters. The molecule has 22 heavy (non-hydrogen) atoms. The minimum Gasteiger partial charge on any atom is -0.490 e. The molecule has 0 aliphatic carbocycles. The fourth-order valence-electron chi connectivity index (χ4n) is 2.33. The van der Waals surface area contributed by atoms with Crippen molar-refractivity contribution >= 4 is 11.6 Å². The number of hydrogen-bond acceptors (Lipinski definition) is 2. The molecule has 3 heteroatoms. The predicted octanol–water partition coefficient (Wildman–Crippen LogP) is 4.14. The van der Waals surface area contributed by atoms with Gasteiger partial charge in [-0.15, -0.1) is 0 Å². The highest BCUT2D eigenvalue weighted by molar-refractivity contribution is 6.06. The zero-order valence-electron chi connectivity index (χ0n) is 13.3. The van der Waals surface area contributed by atoms with Crippen LogP contribution in [0.1, 0.15) is 21.5 Å². The molecule has 2 aromatic carbocycles. The van der Waals surface area contributed by atoms with Crippen LogP contribution in [-0.2, 0) is 0 Å². The van der Waals surface area contributed by atoms with Crippen LogP contribution in [0, 0.1) is 13.8 Å². The summed E-state index contributed by atoms with van der Waals surface area (Å²) in [5.74, 6) is 0.688. The summed E-state index contributed by atoms with van der Waals surface area (Å²) < 4.78 is 5.42. The quantitative estimate of drug-likeness (QED) is 0.776. The van der Waals surface area contributed by atoms with E-state index in [1.807, 2.05) is 26.0 Å². The third-order valence-electron chi connectivity index (χ3n) is 3.49. The molecular formula is C19H21NO2. The number of nitrogens with zero attached hydrogens (tertiary/aromatic N) is 1. The number of carbonyl (C=O) groups is 1. The highest BCUT2D eigenvalue weighted by Crippen LogP contribution is 2.22. The molecule has 2 aromatic rings. The third-order valence-corrected chi connectivity index (χ3v) is 3.49. The highest BCUT2D eigenvalue weighted by atomic mass is 16.5. The van der Waals surface area contributed by atoms with Crippen molar-refractivity contribution in [1.29, 1.82) is 0 Å². The summed E-state index contributed by atoms with van der Waals surface area (Å²) in [5.41, 5.74) is 3.82. The number of aryl methyl sites for hydroxylation is 2. The van der Waals surface area contributed by atoms with E-state index in [-0.39, 0.29) is 5.91 Å². The fourth-order valence-corrected chi connectivity index (χ4v) is 2.33. The summed E-state index contributed by atoms with van der Waals surface area (Å²) in [6.45, 7) is 8.12.